The molecule has 1 aliphatic rings. The van der Waals surface area contributed by atoms with Crippen LogP contribution in [0.1, 0.15) is 24.5 Å². The van der Waals surface area contributed by atoms with Gasteiger partial charge in [-0.3, -0.25) is 0 Å². The second kappa shape index (κ2) is 4.85. The highest BCUT2D eigenvalue weighted by Crippen LogP contribution is 2.43. The topological polar surface area (TPSA) is 50.7 Å². The molecule has 0 saturated heterocycles. The highest BCUT2D eigenvalue weighted by molar-refractivity contribution is 7.98. The van der Waals surface area contributed by atoms with Crippen molar-refractivity contribution in [2.75, 3.05) is 11.9 Å². The third-order valence-electron chi connectivity index (χ3n) is 2.71. The molecule has 0 saturated carbocycles. The Balaban J connectivity index is 2.08. The van der Waals surface area contributed by atoms with Crippen LogP contribution in [0.15, 0.2) is 11.1 Å². The summed E-state index contributed by atoms with van der Waals surface area (Å²) in [5.41, 5.74) is 2.22. The van der Waals surface area contributed by atoms with E-state index in [1.54, 1.807) is 23.1 Å². The summed E-state index contributed by atoms with van der Waals surface area (Å²) in [6.07, 6.45) is 2.90. The van der Waals surface area contributed by atoms with Gasteiger partial charge in [0, 0.05) is 18.5 Å². The SMILES string of the molecule is CCNc1ncc2c(n1)-c1sc(CC)nc1CS2. The molecule has 0 amide bonds. The number of aromatic nitrogens is 3. The van der Waals surface area contributed by atoms with Gasteiger partial charge in [-0.05, 0) is 13.3 Å². The molecule has 0 fully saturated rings. The Labute approximate surface area is 114 Å². The number of thioether (sulfide) groups is 1. The highest BCUT2D eigenvalue weighted by atomic mass is 32.2. The molecule has 6 heteroatoms. The van der Waals surface area contributed by atoms with Crippen molar-refractivity contribution in [3.8, 4) is 10.6 Å². The third kappa shape index (κ3) is 1.99. The Morgan fingerprint density at radius 2 is 2.22 bits per heavy atom. The monoisotopic (exact) mass is 278 g/mol. The average molecular weight is 278 g/mol. The number of hydrogen-bond acceptors (Lipinski definition) is 6. The Hall–Kier alpha value is -1.14. The van der Waals surface area contributed by atoms with Gasteiger partial charge < -0.3 is 5.32 Å². The number of thiazole rings is 1. The first-order valence-electron chi connectivity index (χ1n) is 6.04. The molecule has 3 heterocycles. The maximum Gasteiger partial charge on any atom is 0.223 e. The highest BCUT2D eigenvalue weighted by Gasteiger charge is 2.23. The number of rotatable bonds is 3. The van der Waals surface area contributed by atoms with Crippen molar-refractivity contribution < 1.29 is 0 Å². The van der Waals surface area contributed by atoms with Gasteiger partial charge in [0.25, 0.3) is 0 Å². The van der Waals surface area contributed by atoms with Gasteiger partial charge in [0.2, 0.25) is 5.95 Å². The number of fused-ring (bicyclic) bond motifs is 3. The fourth-order valence-electron chi connectivity index (χ4n) is 1.86. The van der Waals surface area contributed by atoms with Crippen molar-refractivity contribution in [2.24, 2.45) is 0 Å². The van der Waals surface area contributed by atoms with E-state index < -0.39 is 0 Å². The van der Waals surface area contributed by atoms with E-state index in [-0.39, 0.29) is 0 Å². The third-order valence-corrected chi connectivity index (χ3v) is 4.99. The predicted octanol–water partition coefficient (Wildman–Crippen LogP) is 3.20. The molecule has 0 aromatic carbocycles. The van der Waals surface area contributed by atoms with Crippen LogP contribution in [0.4, 0.5) is 5.95 Å². The number of aryl methyl sites for hydroxylation is 1. The van der Waals surface area contributed by atoms with E-state index in [9.17, 15) is 0 Å². The minimum Gasteiger partial charge on any atom is -0.354 e. The normalized spacial score (nSPS) is 13.0. The average Bonchev–Trinajstić information content (AvgIpc) is 2.82. The molecule has 1 aliphatic heterocycles. The lowest BCUT2D eigenvalue weighted by atomic mass is 10.3. The first-order chi connectivity index (χ1) is 8.81. The van der Waals surface area contributed by atoms with E-state index in [2.05, 4.69) is 27.2 Å². The van der Waals surface area contributed by atoms with Crippen LogP contribution < -0.4 is 5.32 Å². The summed E-state index contributed by atoms with van der Waals surface area (Å²) in [6.45, 7) is 5.02. The molecule has 0 bridgehead atoms. The molecule has 2 aromatic heterocycles. The maximum absolute atomic E-state index is 4.66. The van der Waals surface area contributed by atoms with Crippen LogP contribution in [0, 0.1) is 0 Å². The van der Waals surface area contributed by atoms with E-state index in [0.29, 0.717) is 5.95 Å². The molecule has 0 unspecified atom stereocenters. The summed E-state index contributed by atoms with van der Waals surface area (Å²) in [5, 5.41) is 4.35. The Morgan fingerprint density at radius 3 is 3.00 bits per heavy atom. The molecule has 0 aliphatic carbocycles. The second-order valence-electron chi connectivity index (χ2n) is 3.96. The molecule has 2 aromatic rings. The first-order valence-corrected chi connectivity index (χ1v) is 7.84. The van der Waals surface area contributed by atoms with Crippen molar-refractivity contribution >= 4 is 29.0 Å². The Morgan fingerprint density at radius 1 is 1.33 bits per heavy atom. The molecule has 3 rings (SSSR count). The van der Waals surface area contributed by atoms with E-state index in [0.717, 1.165) is 29.3 Å². The van der Waals surface area contributed by atoms with E-state index in [1.165, 1.54) is 15.6 Å². The molecule has 0 spiro atoms. The van der Waals surface area contributed by atoms with Crippen LogP contribution in [0.5, 0.6) is 0 Å². The van der Waals surface area contributed by atoms with Crippen LogP contribution in [-0.2, 0) is 12.2 Å². The number of anilines is 1. The Kier molecular flexibility index (Phi) is 3.22. The maximum atomic E-state index is 4.66. The molecular weight excluding hydrogens is 264 g/mol. The van der Waals surface area contributed by atoms with Crippen molar-refractivity contribution in [2.45, 2.75) is 30.9 Å². The van der Waals surface area contributed by atoms with E-state index in [4.69, 9.17) is 0 Å². The van der Waals surface area contributed by atoms with Crippen LogP contribution in [-0.4, -0.2) is 21.5 Å². The number of hydrogen-bond donors (Lipinski definition) is 1. The first kappa shape index (κ1) is 11.9. The Bertz CT molecular complexity index is 579. The zero-order valence-corrected chi connectivity index (χ0v) is 12.0. The number of nitrogens with zero attached hydrogens (tertiary/aromatic N) is 3. The van der Waals surface area contributed by atoms with Gasteiger partial charge in [-0.25, -0.2) is 15.0 Å². The molecule has 18 heavy (non-hydrogen) atoms. The lowest BCUT2D eigenvalue weighted by Crippen LogP contribution is -2.05. The minimum atomic E-state index is 0.705. The van der Waals surface area contributed by atoms with Gasteiger partial charge >= 0.3 is 0 Å². The molecule has 1 N–H and O–H groups in total. The van der Waals surface area contributed by atoms with Crippen molar-refractivity contribution in [3.63, 3.8) is 0 Å². The van der Waals surface area contributed by atoms with Gasteiger partial charge in [-0.15, -0.1) is 23.1 Å². The van der Waals surface area contributed by atoms with Crippen LogP contribution in [0.25, 0.3) is 10.6 Å². The minimum absolute atomic E-state index is 0.705. The van der Waals surface area contributed by atoms with Gasteiger partial charge in [-0.1, -0.05) is 6.92 Å². The second-order valence-corrected chi connectivity index (χ2v) is 6.06. The lowest BCUT2D eigenvalue weighted by Gasteiger charge is -2.14. The lowest BCUT2D eigenvalue weighted by molar-refractivity contribution is 1.03. The summed E-state index contributed by atoms with van der Waals surface area (Å²) in [5.74, 6) is 1.64. The van der Waals surface area contributed by atoms with Crippen molar-refractivity contribution in [1.29, 1.82) is 0 Å². The standard InChI is InChI=1S/C12H14N4S2/c1-3-9-15-7-6-17-8-5-14-12(13-4-2)16-10(8)11(7)18-9/h5H,3-4,6H2,1-2H3,(H,13,14,16). The molecule has 0 radical (unpaired) electrons. The number of nitrogens with one attached hydrogen (secondary N) is 1. The van der Waals surface area contributed by atoms with Crippen LogP contribution in [0.3, 0.4) is 0 Å². The van der Waals surface area contributed by atoms with Crippen molar-refractivity contribution in [3.05, 3.63) is 16.9 Å². The van der Waals surface area contributed by atoms with Crippen molar-refractivity contribution in [1.82, 2.24) is 15.0 Å². The van der Waals surface area contributed by atoms with E-state index in [1.807, 2.05) is 13.1 Å². The molecule has 0 atom stereocenters. The zero-order valence-electron chi connectivity index (χ0n) is 10.4. The van der Waals surface area contributed by atoms with Crippen LogP contribution >= 0.6 is 23.1 Å². The van der Waals surface area contributed by atoms with Gasteiger partial charge in [0.05, 0.1) is 20.5 Å². The smallest absolute Gasteiger partial charge is 0.223 e. The predicted molar refractivity (Wildman–Crippen MR) is 76.2 cm³/mol. The summed E-state index contributed by atoms with van der Waals surface area (Å²) in [7, 11) is 0. The summed E-state index contributed by atoms with van der Waals surface area (Å²) >= 11 is 3.54. The molecular formula is C12H14N4S2. The van der Waals surface area contributed by atoms with Gasteiger partial charge in [0.1, 0.15) is 5.69 Å². The largest absolute Gasteiger partial charge is 0.354 e. The van der Waals surface area contributed by atoms with E-state index >= 15 is 0 Å². The fraction of sp³-hybridized carbons (Fsp3) is 0.417. The summed E-state index contributed by atoms with van der Waals surface area (Å²) < 4.78 is 0. The van der Waals surface area contributed by atoms with Gasteiger partial charge in [0.15, 0.2) is 0 Å². The quantitative estimate of drug-likeness (QED) is 0.934. The fourth-order valence-corrected chi connectivity index (χ4v) is 3.96. The van der Waals surface area contributed by atoms with Gasteiger partial charge in [-0.2, -0.15) is 0 Å². The summed E-state index contributed by atoms with van der Waals surface area (Å²) in [4.78, 5) is 16.0. The molecule has 4 nitrogen and oxygen atoms in total. The van der Waals surface area contributed by atoms with Crippen LogP contribution in [0.2, 0.25) is 0 Å². The molecule has 94 valence electrons. The zero-order chi connectivity index (χ0) is 12.5. The summed E-state index contributed by atoms with van der Waals surface area (Å²) in [6, 6.07) is 0.